The van der Waals surface area contributed by atoms with Crippen LogP contribution in [0.25, 0.3) is 0 Å². The van der Waals surface area contributed by atoms with Gasteiger partial charge in [-0.15, -0.1) is 0 Å². The fraction of sp³-hybridized carbons (Fsp3) is 1.00. The summed E-state index contributed by atoms with van der Waals surface area (Å²) in [6, 6.07) is 0. The maximum atomic E-state index is 9.40. The largest absolute Gasteiger partial charge is 0.393 e. The van der Waals surface area contributed by atoms with Gasteiger partial charge in [-0.25, -0.2) is 0 Å². The van der Waals surface area contributed by atoms with Gasteiger partial charge in [-0.3, -0.25) is 0 Å². The summed E-state index contributed by atoms with van der Waals surface area (Å²) < 4.78 is 5.25. The van der Waals surface area contributed by atoms with Crippen LogP contribution in [0.3, 0.4) is 0 Å². The lowest BCUT2D eigenvalue weighted by Crippen LogP contribution is -2.28. The number of hydrogen-bond acceptors (Lipinski definition) is 2. The topological polar surface area (TPSA) is 29.5 Å². The molecule has 0 spiro atoms. The van der Waals surface area contributed by atoms with E-state index < -0.39 is 0 Å². The van der Waals surface area contributed by atoms with E-state index in [1.165, 1.54) is 0 Å². The highest BCUT2D eigenvalue weighted by Gasteiger charge is 2.20. The van der Waals surface area contributed by atoms with Crippen molar-refractivity contribution in [2.45, 2.75) is 32.3 Å². The Labute approximate surface area is 62.2 Å². The van der Waals surface area contributed by atoms with E-state index in [2.05, 4.69) is 0 Å². The van der Waals surface area contributed by atoms with Crippen molar-refractivity contribution < 1.29 is 9.84 Å². The summed E-state index contributed by atoms with van der Waals surface area (Å²) in [5.74, 6) is 0.402. The zero-order valence-corrected chi connectivity index (χ0v) is 6.55. The van der Waals surface area contributed by atoms with Gasteiger partial charge in [0, 0.05) is 12.5 Å². The van der Waals surface area contributed by atoms with Crippen molar-refractivity contribution >= 4 is 0 Å². The standard InChI is InChI=1S/C8H16O2/c1-2-8(9)7-4-3-5-10-6-7/h7-9H,2-6H2,1H3. The summed E-state index contributed by atoms with van der Waals surface area (Å²) in [6.07, 6.45) is 2.96. The number of ether oxygens (including phenoxy) is 1. The second-order valence-electron chi connectivity index (χ2n) is 2.95. The minimum atomic E-state index is -0.139. The first kappa shape index (κ1) is 8.02. The highest BCUT2D eigenvalue weighted by atomic mass is 16.5. The second-order valence-corrected chi connectivity index (χ2v) is 2.95. The van der Waals surface area contributed by atoms with Crippen molar-refractivity contribution in [1.82, 2.24) is 0 Å². The molecule has 0 radical (unpaired) electrons. The Morgan fingerprint density at radius 2 is 2.50 bits per heavy atom. The molecule has 1 rings (SSSR count). The van der Waals surface area contributed by atoms with Crippen LogP contribution >= 0.6 is 0 Å². The van der Waals surface area contributed by atoms with Crippen molar-refractivity contribution in [2.75, 3.05) is 13.2 Å². The van der Waals surface area contributed by atoms with E-state index in [9.17, 15) is 5.11 Å². The zero-order valence-electron chi connectivity index (χ0n) is 6.55. The van der Waals surface area contributed by atoms with Crippen LogP contribution in [0.1, 0.15) is 26.2 Å². The quantitative estimate of drug-likeness (QED) is 0.630. The zero-order chi connectivity index (χ0) is 7.40. The van der Waals surface area contributed by atoms with Crippen LogP contribution in [-0.2, 0) is 4.74 Å². The third-order valence-corrected chi connectivity index (χ3v) is 2.16. The summed E-state index contributed by atoms with van der Waals surface area (Å²) in [4.78, 5) is 0. The lowest BCUT2D eigenvalue weighted by molar-refractivity contribution is -0.00997. The van der Waals surface area contributed by atoms with E-state index in [1.807, 2.05) is 6.92 Å². The first-order chi connectivity index (χ1) is 4.84. The first-order valence-corrected chi connectivity index (χ1v) is 4.10. The molecule has 0 bridgehead atoms. The van der Waals surface area contributed by atoms with Gasteiger partial charge in [0.15, 0.2) is 0 Å². The minimum Gasteiger partial charge on any atom is -0.393 e. The molecule has 10 heavy (non-hydrogen) atoms. The fourth-order valence-electron chi connectivity index (χ4n) is 1.40. The van der Waals surface area contributed by atoms with Gasteiger partial charge in [-0.1, -0.05) is 6.92 Å². The van der Waals surface area contributed by atoms with E-state index in [0.29, 0.717) is 5.92 Å². The number of aliphatic hydroxyl groups excluding tert-OH is 1. The maximum Gasteiger partial charge on any atom is 0.0587 e. The van der Waals surface area contributed by atoms with Crippen LogP contribution in [0.5, 0.6) is 0 Å². The smallest absolute Gasteiger partial charge is 0.0587 e. The first-order valence-electron chi connectivity index (χ1n) is 4.10. The average molecular weight is 144 g/mol. The van der Waals surface area contributed by atoms with Crippen LogP contribution in [0.4, 0.5) is 0 Å². The Morgan fingerprint density at radius 3 is 3.00 bits per heavy atom. The molecule has 2 nitrogen and oxygen atoms in total. The monoisotopic (exact) mass is 144 g/mol. The van der Waals surface area contributed by atoms with Crippen LogP contribution in [0.15, 0.2) is 0 Å². The molecule has 0 saturated carbocycles. The number of aliphatic hydroxyl groups is 1. The van der Waals surface area contributed by atoms with Gasteiger partial charge in [-0.05, 0) is 19.3 Å². The van der Waals surface area contributed by atoms with Gasteiger partial charge in [0.2, 0.25) is 0 Å². The molecule has 0 aromatic heterocycles. The molecule has 1 heterocycles. The lowest BCUT2D eigenvalue weighted by atomic mass is 9.95. The molecule has 1 fully saturated rings. The van der Waals surface area contributed by atoms with E-state index >= 15 is 0 Å². The third kappa shape index (κ3) is 1.96. The minimum absolute atomic E-state index is 0.139. The van der Waals surface area contributed by atoms with E-state index in [1.54, 1.807) is 0 Å². The van der Waals surface area contributed by atoms with Gasteiger partial charge >= 0.3 is 0 Å². The molecular formula is C8H16O2. The number of hydrogen-bond donors (Lipinski definition) is 1. The Balaban J connectivity index is 2.24. The van der Waals surface area contributed by atoms with Crippen LogP contribution in [0.2, 0.25) is 0 Å². The van der Waals surface area contributed by atoms with Crippen LogP contribution in [0, 0.1) is 5.92 Å². The summed E-state index contributed by atoms with van der Waals surface area (Å²) in [5, 5.41) is 9.40. The molecule has 60 valence electrons. The fourth-order valence-corrected chi connectivity index (χ4v) is 1.40. The van der Waals surface area contributed by atoms with E-state index in [4.69, 9.17) is 4.74 Å². The number of rotatable bonds is 2. The second kappa shape index (κ2) is 3.94. The van der Waals surface area contributed by atoms with Gasteiger partial charge in [0.25, 0.3) is 0 Å². The maximum absolute atomic E-state index is 9.40. The molecule has 2 atom stereocenters. The highest BCUT2D eigenvalue weighted by molar-refractivity contribution is 4.69. The molecular weight excluding hydrogens is 128 g/mol. The van der Waals surface area contributed by atoms with Gasteiger partial charge in [0.1, 0.15) is 0 Å². The van der Waals surface area contributed by atoms with Crippen LogP contribution in [-0.4, -0.2) is 24.4 Å². The third-order valence-electron chi connectivity index (χ3n) is 2.16. The molecule has 0 amide bonds. The highest BCUT2D eigenvalue weighted by Crippen LogP contribution is 2.18. The Kier molecular flexibility index (Phi) is 3.16. The summed E-state index contributed by atoms with van der Waals surface area (Å²) in [7, 11) is 0. The Morgan fingerprint density at radius 1 is 1.70 bits per heavy atom. The predicted octanol–water partition coefficient (Wildman–Crippen LogP) is 1.18. The van der Waals surface area contributed by atoms with E-state index in [0.717, 1.165) is 32.5 Å². The van der Waals surface area contributed by atoms with Crippen LogP contribution < -0.4 is 0 Å². The van der Waals surface area contributed by atoms with Crippen molar-refractivity contribution in [3.63, 3.8) is 0 Å². The van der Waals surface area contributed by atoms with Crippen molar-refractivity contribution in [3.8, 4) is 0 Å². The van der Waals surface area contributed by atoms with Gasteiger partial charge in [-0.2, -0.15) is 0 Å². The molecule has 0 aliphatic carbocycles. The summed E-state index contributed by atoms with van der Waals surface area (Å²) in [5.41, 5.74) is 0. The Hall–Kier alpha value is -0.0800. The van der Waals surface area contributed by atoms with Crippen molar-refractivity contribution in [2.24, 2.45) is 5.92 Å². The normalized spacial score (nSPS) is 30.0. The van der Waals surface area contributed by atoms with E-state index in [-0.39, 0.29) is 6.10 Å². The molecule has 1 aliphatic heterocycles. The Bertz CT molecular complexity index is 87.3. The molecule has 1 saturated heterocycles. The molecule has 1 aliphatic rings. The molecule has 0 aromatic rings. The predicted molar refractivity (Wildman–Crippen MR) is 39.8 cm³/mol. The van der Waals surface area contributed by atoms with Crippen molar-refractivity contribution in [1.29, 1.82) is 0 Å². The molecule has 2 unspecified atom stereocenters. The van der Waals surface area contributed by atoms with Crippen molar-refractivity contribution in [3.05, 3.63) is 0 Å². The average Bonchev–Trinajstić information content (AvgIpc) is 2.05. The molecule has 2 heteroatoms. The molecule has 0 aromatic carbocycles. The lowest BCUT2D eigenvalue weighted by Gasteiger charge is -2.25. The van der Waals surface area contributed by atoms with Gasteiger partial charge < -0.3 is 9.84 Å². The van der Waals surface area contributed by atoms with Gasteiger partial charge in [0.05, 0.1) is 12.7 Å². The molecule has 1 N–H and O–H groups in total. The summed E-state index contributed by atoms with van der Waals surface area (Å²) in [6.45, 7) is 3.65. The SMILES string of the molecule is CCC(O)C1CCCOC1. The summed E-state index contributed by atoms with van der Waals surface area (Å²) >= 11 is 0.